The fourth-order valence-electron chi connectivity index (χ4n) is 3.77. The number of methoxy groups -OCH3 is 2. The van der Waals surface area contributed by atoms with Crippen LogP contribution in [0.1, 0.15) is 40.9 Å². The normalized spacial score (nSPS) is 11.2. The molecule has 40 heavy (non-hydrogen) atoms. The van der Waals surface area contributed by atoms with E-state index < -0.39 is 11.6 Å². The molecule has 0 spiro atoms. The fourth-order valence-corrected chi connectivity index (χ4v) is 3.90. The summed E-state index contributed by atoms with van der Waals surface area (Å²) in [6.45, 7) is 3.25. The summed E-state index contributed by atoms with van der Waals surface area (Å²) in [6, 6.07) is 26.1. The van der Waals surface area contributed by atoms with E-state index in [4.69, 9.17) is 30.5 Å². The Hall–Kier alpha value is -4.55. The van der Waals surface area contributed by atoms with Crippen molar-refractivity contribution in [2.45, 2.75) is 19.4 Å². The Balaban J connectivity index is 1.36. The molecule has 0 N–H and O–H groups in total. The van der Waals surface area contributed by atoms with Crippen molar-refractivity contribution in [1.29, 1.82) is 0 Å². The third-order valence-corrected chi connectivity index (χ3v) is 6.27. The van der Waals surface area contributed by atoms with Crippen LogP contribution in [0.4, 0.5) is 0 Å². The van der Waals surface area contributed by atoms with Gasteiger partial charge in [-0.05, 0) is 97.8 Å². The minimum Gasteiger partial charge on any atom is -0.497 e. The molecule has 0 saturated heterocycles. The molecule has 0 aliphatic heterocycles. The van der Waals surface area contributed by atoms with Crippen molar-refractivity contribution >= 4 is 35.5 Å². The van der Waals surface area contributed by atoms with Crippen LogP contribution in [-0.2, 0) is 4.79 Å². The molecular weight excluding hydrogens is 528 g/mol. The van der Waals surface area contributed by atoms with E-state index in [0.717, 1.165) is 11.1 Å². The van der Waals surface area contributed by atoms with Crippen LogP contribution in [0.25, 0.3) is 12.2 Å². The topological polar surface area (TPSA) is 71.1 Å². The van der Waals surface area contributed by atoms with E-state index >= 15 is 0 Å². The number of ether oxygens (including phenoxy) is 4. The molecule has 0 radical (unpaired) electrons. The molecular formula is C33H29ClO6. The van der Waals surface area contributed by atoms with E-state index in [9.17, 15) is 9.59 Å². The minimum absolute atomic E-state index is 0.136. The molecule has 0 aliphatic rings. The summed E-state index contributed by atoms with van der Waals surface area (Å²) in [5.74, 6) is 1.54. The van der Waals surface area contributed by atoms with Gasteiger partial charge in [0.1, 0.15) is 23.0 Å². The molecule has 0 unspecified atom stereocenters. The van der Waals surface area contributed by atoms with Crippen LogP contribution in [-0.4, -0.2) is 31.6 Å². The van der Waals surface area contributed by atoms with Gasteiger partial charge in [-0.2, -0.15) is 0 Å². The number of carbonyl (C=O) groups is 2. The highest BCUT2D eigenvalue weighted by molar-refractivity contribution is 6.30. The highest BCUT2D eigenvalue weighted by Crippen LogP contribution is 2.25. The zero-order valence-corrected chi connectivity index (χ0v) is 23.4. The number of halogens is 1. The summed E-state index contributed by atoms with van der Waals surface area (Å²) < 4.78 is 22.1. The van der Waals surface area contributed by atoms with Gasteiger partial charge in [0.05, 0.1) is 14.2 Å². The lowest BCUT2D eigenvalue weighted by Gasteiger charge is -2.24. The van der Waals surface area contributed by atoms with E-state index in [-0.39, 0.29) is 5.78 Å². The van der Waals surface area contributed by atoms with E-state index in [0.29, 0.717) is 39.1 Å². The van der Waals surface area contributed by atoms with Crippen molar-refractivity contribution < 1.29 is 28.5 Å². The Morgan fingerprint density at radius 2 is 1.15 bits per heavy atom. The van der Waals surface area contributed by atoms with Gasteiger partial charge in [-0.1, -0.05) is 35.9 Å². The van der Waals surface area contributed by atoms with Gasteiger partial charge in [-0.25, -0.2) is 4.79 Å². The Kier molecular flexibility index (Phi) is 8.92. The SMILES string of the molecule is COc1cc(C=Cc2ccc(OC(=O)C(C)(C)Oc3ccc(C(=O)c4ccc(Cl)cc4)cc3)cc2)cc(OC)c1. The van der Waals surface area contributed by atoms with Crippen molar-refractivity contribution in [2.75, 3.05) is 14.2 Å². The van der Waals surface area contributed by atoms with Crippen LogP contribution in [0.5, 0.6) is 23.0 Å². The van der Waals surface area contributed by atoms with Gasteiger partial charge in [0.2, 0.25) is 5.60 Å². The van der Waals surface area contributed by atoms with Gasteiger partial charge >= 0.3 is 5.97 Å². The molecule has 0 atom stereocenters. The maximum absolute atomic E-state index is 12.9. The summed E-state index contributed by atoms with van der Waals surface area (Å²) in [6.07, 6.45) is 3.88. The molecule has 4 aromatic carbocycles. The summed E-state index contributed by atoms with van der Waals surface area (Å²) in [5.41, 5.74) is 1.60. The number of ketones is 1. The first-order valence-electron chi connectivity index (χ1n) is 12.5. The maximum atomic E-state index is 12.9. The second-order valence-corrected chi connectivity index (χ2v) is 9.85. The Morgan fingerprint density at radius 1 is 0.650 bits per heavy atom. The standard InChI is InChI=1S/C33H29ClO6/c1-33(2,40-28-17-11-25(12-18-28)31(35)24-9-13-26(34)14-10-24)32(36)39-27-15-7-22(8-16-27)5-6-23-19-29(37-3)21-30(20-23)38-4/h5-21H,1-4H3. The van der Waals surface area contributed by atoms with E-state index in [2.05, 4.69) is 0 Å². The molecule has 204 valence electrons. The van der Waals surface area contributed by atoms with Gasteiger partial charge in [0.15, 0.2) is 5.78 Å². The average Bonchev–Trinajstić information content (AvgIpc) is 2.96. The molecule has 0 aromatic heterocycles. The Labute approximate surface area is 238 Å². The number of benzene rings is 4. The fraction of sp³-hybridized carbons (Fsp3) is 0.152. The Bertz CT molecular complexity index is 1480. The first-order valence-corrected chi connectivity index (χ1v) is 12.9. The van der Waals surface area contributed by atoms with E-state index in [1.54, 1.807) is 88.7 Å². The second kappa shape index (κ2) is 12.5. The quantitative estimate of drug-likeness (QED) is 0.0870. The van der Waals surface area contributed by atoms with Crippen LogP contribution in [0, 0.1) is 0 Å². The van der Waals surface area contributed by atoms with Gasteiger partial charge in [-0.3, -0.25) is 4.79 Å². The van der Waals surface area contributed by atoms with Crippen molar-refractivity contribution in [2.24, 2.45) is 0 Å². The monoisotopic (exact) mass is 556 g/mol. The molecule has 0 bridgehead atoms. The van der Waals surface area contributed by atoms with Gasteiger partial charge in [-0.15, -0.1) is 0 Å². The van der Waals surface area contributed by atoms with E-state index in [1.807, 2.05) is 42.5 Å². The van der Waals surface area contributed by atoms with Crippen LogP contribution in [0.3, 0.4) is 0 Å². The van der Waals surface area contributed by atoms with Gasteiger partial charge < -0.3 is 18.9 Å². The third-order valence-electron chi connectivity index (χ3n) is 6.02. The van der Waals surface area contributed by atoms with Gasteiger partial charge in [0.25, 0.3) is 0 Å². The van der Waals surface area contributed by atoms with Crippen LogP contribution >= 0.6 is 11.6 Å². The van der Waals surface area contributed by atoms with Crippen molar-refractivity contribution in [3.05, 3.63) is 118 Å². The minimum atomic E-state index is -1.27. The zero-order chi connectivity index (χ0) is 28.7. The average molecular weight is 557 g/mol. The number of esters is 1. The van der Waals surface area contributed by atoms with Gasteiger partial charge in [0, 0.05) is 22.2 Å². The lowest BCUT2D eigenvalue weighted by Crippen LogP contribution is -2.41. The van der Waals surface area contributed by atoms with E-state index in [1.165, 1.54) is 0 Å². The molecule has 7 heteroatoms. The molecule has 0 amide bonds. The molecule has 0 saturated carbocycles. The predicted octanol–water partition coefficient (Wildman–Crippen LogP) is 7.52. The number of hydrogen-bond acceptors (Lipinski definition) is 6. The summed E-state index contributed by atoms with van der Waals surface area (Å²) >= 11 is 5.90. The Morgan fingerprint density at radius 3 is 1.70 bits per heavy atom. The summed E-state index contributed by atoms with van der Waals surface area (Å²) in [4.78, 5) is 25.6. The van der Waals surface area contributed by atoms with Crippen molar-refractivity contribution in [3.63, 3.8) is 0 Å². The largest absolute Gasteiger partial charge is 0.497 e. The van der Waals surface area contributed by atoms with Crippen LogP contribution < -0.4 is 18.9 Å². The van der Waals surface area contributed by atoms with Crippen LogP contribution in [0.15, 0.2) is 91.0 Å². The summed E-state index contributed by atoms with van der Waals surface area (Å²) in [7, 11) is 3.22. The highest BCUT2D eigenvalue weighted by Gasteiger charge is 2.32. The van der Waals surface area contributed by atoms with Crippen LogP contribution in [0.2, 0.25) is 5.02 Å². The number of hydrogen-bond donors (Lipinski definition) is 0. The third kappa shape index (κ3) is 7.30. The predicted molar refractivity (Wildman–Crippen MR) is 157 cm³/mol. The summed E-state index contributed by atoms with van der Waals surface area (Å²) in [5, 5.41) is 0.563. The molecule has 0 heterocycles. The molecule has 6 nitrogen and oxygen atoms in total. The highest BCUT2D eigenvalue weighted by atomic mass is 35.5. The molecule has 4 aromatic rings. The van der Waals surface area contributed by atoms with Crippen molar-refractivity contribution in [1.82, 2.24) is 0 Å². The van der Waals surface area contributed by atoms with Crippen molar-refractivity contribution in [3.8, 4) is 23.0 Å². The lowest BCUT2D eigenvalue weighted by atomic mass is 10.0. The smallest absolute Gasteiger partial charge is 0.355 e. The molecule has 0 aliphatic carbocycles. The molecule has 0 fully saturated rings. The number of rotatable bonds is 10. The zero-order valence-electron chi connectivity index (χ0n) is 22.6. The first kappa shape index (κ1) is 28.5. The maximum Gasteiger partial charge on any atom is 0.355 e. The number of carbonyl (C=O) groups excluding carboxylic acids is 2. The lowest BCUT2D eigenvalue weighted by molar-refractivity contribution is -0.149. The molecule has 4 rings (SSSR count). The second-order valence-electron chi connectivity index (χ2n) is 9.41. The first-order chi connectivity index (χ1) is 19.2.